The van der Waals surface area contributed by atoms with Crippen LogP contribution in [0.2, 0.25) is 0 Å². The maximum atomic E-state index is 11.8. The zero-order valence-electron chi connectivity index (χ0n) is 10.9. The zero-order chi connectivity index (χ0) is 13.8. The normalized spacial score (nSPS) is 19.8. The highest BCUT2D eigenvalue weighted by Gasteiger charge is 2.28. The molecule has 1 atom stereocenters. The molecule has 0 aromatic heterocycles. The lowest BCUT2D eigenvalue weighted by molar-refractivity contribution is -0.131. The van der Waals surface area contributed by atoms with Crippen LogP contribution in [-0.4, -0.2) is 58.4 Å². The van der Waals surface area contributed by atoms with Gasteiger partial charge in [0.1, 0.15) is 12.1 Å². The number of ether oxygens (including phenoxy) is 1. The van der Waals surface area contributed by atoms with E-state index >= 15 is 0 Å². The number of aliphatic hydroxyl groups excluding tert-OH is 1. The number of alkyl carbamates (subject to hydrolysis) is 1. The highest BCUT2D eigenvalue weighted by atomic mass is 32.2. The largest absolute Gasteiger partial charge is 0.444 e. The van der Waals surface area contributed by atoms with Crippen molar-refractivity contribution < 1.29 is 19.4 Å². The Bertz CT molecular complexity index is 317. The SMILES string of the molecule is CC(C)(C)OC(=O)NCC(=O)N1CSC[C@@H]1CO. The molecule has 0 unspecified atom stereocenters. The molecular weight excluding hydrogens is 256 g/mol. The second-order valence-electron chi connectivity index (χ2n) is 5.06. The number of nitrogens with one attached hydrogen (secondary N) is 1. The Hall–Kier alpha value is -0.950. The second kappa shape index (κ2) is 6.29. The van der Waals surface area contributed by atoms with Crippen molar-refractivity contribution in [1.82, 2.24) is 10.2 Å². The average molecular weight is 276 g/mol. The van der Waals surface area contributed by atoms with Crippen molar-refractivity contribution in [1.29, 1.82) is 0 Å². The van der Waals surface area contributed by atoms with Crippen molar-refractivity contribution in [2.75, 3.05) is 24.8 Å². The molecular formula is C11H20N2O4S. The van der Waals surface area contributed by atoms with E-state index in [2.05, 4.69) is 5.32 Å². The van der Waals surface area contributed by atoms with Gasteiger partial charge in [-0.05, 0) is 20.8 Å². The molecule has 0 aromatic carbocycles. The number of aliphatic hydroxyl groups is 1. The summed E-state index contributed by atoms with van der Waals surface area (Å²) >= 11 is 1.59. The molecule has 7 heteroatoms. The third kappa shape index (κ3) is 4.73. The molecule has 2 N–H and O–H groups in total. The van der Waals surface area contributed by atoms with E-state index in [0.29, 0.717) is 5.88 Å². The van der Waals surface area contributed by atoms with Crippen molar-refractivity contribution >= 4 is 23.8 Å². The summed E-state index contributed by atoms with van der Waals surface area (Å²) in [6, 6.07) is -0.150. The monoisotopic (exact) mass is 276 g/mol. The Labute approximate surface area is 111 Å². The van der Waals surface area contributed by atoms with Crippen molar-refractivity contribution in [3.63, 3.8) is 0 Å². The van der Waals surface area contributed by atoms with E-state index < -0.39 is 11.7 Å². The Kier molecular flexibility index (Phi) is 5.28. The third-order valence-electron chi connectivity index (χ3n) is 2.30. The number of amides is 2. The number of hydrogen-bond acceptors (Lipinski definition) is 5. The van der Waals surface area contributed by atoms with Crippen molar-refractivity contribution in [2.45, 2.75) is 32.4 Å². The van der Waals surface area contributed by atoms with Crippen molar-refractivity contribution in [3.05, 3.63) is 0 Å². The van der Waals surface area contributed by atoms with Gasteiger partial charge in [-0.2, -0.15) is 0 Å². The maximum absolute atomic E-state index is 11.8. The van der Waals surface area contributed by atoms with Crippen LogP contribution in [0.15, 0.2) is 0 Å². The van der Waals surface area contributed by atoms with Gasteiger partial charge in [-0.25, -0.2) is 4.79 Å². The van der Waals surface area contributed by atoms with Gasteiger partial charge in [0.2, 0.25) is 5.91 Å². The fourth-order valence-corrected chi connectivity index (χ4v) is 2.69. The minimum absolute atomic E-state index is 0.0504. The van der Waals surface area contributed by atoms with Crippen LogP contribution in [0.25, 0.3) is 0 Å². The molecule has 0 saturated carbocycles. The molecule has 0 radical (unpaired) electrons. The van der Waals surface area contributed by atoms with Crippen LogP contribution in [0.4, 0.5) is 4.79 Å². The Balaban J connectivity index is 2.35. The lowest BCUT2D eigenvalue weighted by Crippen LogP contribution is -2.45. The molecule has 18 heavy (non-hydrogen) atoms. The standard InChI is InChI=1S/C11H20N2O4S/c1-11(2,3)17-10(16)12-4-9(15)13-7-18-6-8(13)5-14/h8,14H,4-7H2,1-3H3,(H,12,16)/t8-/m0/s1. The molecule has 0 spiro atoms. The summed E-state index contributed by atoms with van der Waals surface area (Å²) in [5, 5.41) is 11.5. The minimum atomic E-state index is -0.608. The predicted molar refractivity (Wildman–Crippen MR) is 69.3 cm³/mol. The van der Waals surface area contributed by atoms with Crippen LogP contribution in [0, 0.1) is 0 Å². The first-order chi connectivity index (χ1) is 8.33. The summed E-state index contributed by atoms with van der Waals surface area (Å²) in [6.07, 6.45) is -0.608. The molecule has 1 rings (SSSR count). The van der Waals surface area contributed by atoms with E-state index in [1.807, 2.05) is 0 Å². The van der Waals surface area contributed by atoms with Gasteiger partial charge in [-0.1, -0.05) is 0 Å². The lowest BCUT2D eigenvalue weighted by Gasteiger charge is -2.23. The quantitative estimate of drug-likeness (QED) is 0.780. The van der Waals surface area contributed by atoms with Gasteiger partial charge in [-0.3, -0.25) is 4.79 Å². The Morgan fingerprint density at radius 2 is 2.17 bits per heavy atom. The smallest absolute Gasteiger partial charge is 0.408 e. The molecule has 0 aromatic rings. The summed E-state index contributed by atoms with van der Waals surface area (Å²) < 4.78 is 5.03. The average Bonchev–Trinajstić information content (AvgIpc) is 2.71. The number of carbonyl (C=O) groups excluding carboxylic acids is 2. The Morgan fingerprint density at radius 3 is 2.72 bits per heavy atom. The highest BCUT2D eigenvalue weighted by Crippen LogP contribution is 2.20. The summed E-state index contributed by atoms with van der Waals surface area (Å²) in [5.74, 6) is 1.08. The summed E-state index contributed by atoms with van der Waals surface area (Å²) in [7, 11) is 0. The fourth-order valence-electron chi connectivity index (χ4n) is 1.47. The number of rotatable bonds is 3. The van der Waals surface area contributed by atoms with Gasteiger partial charge in [0.25, 0.3) is 0 Å². The highest BCUT2D eigenvalue weighted by molar-refractivity contribution is 7.99. The number of thioether (sulfide) groups is 1. The van der Waals surface area contributed by atoms with Crippen LogP contribution < -0.4 is 5.32 Å². The number of nitrogens with zero attached hydrogens (tertiary/aromatic N) is 1. The molecule has 2 amide bonds. The van der Waals surface area contributed by atoms with Crippen LogP contribution >= 0.6 is 11.8 Å². The van der Waals surface area contributed by atoms with E-state index in [1.165, 1.54) is 0 Å². The van der Waals surface area contributed by atoms with Gasteiger partial charge in [0, 0.05) is 5.75 Å². The summed E-state index contributed by atoms with van der Waals surface area (Å²) in [6.45, 7) is 5.12. The molecule has 0 bridgehead atoms. The van der Waals surface area contributed by atoms with Gasteiger partial charge < -0.3 is 20.1 Å². The molecule has 1 heterocycles. The first-order valence-electron chi connectivity index (χ1n) is 5.78. The van der Waals surface area contributed by atoms with Gasteiger partial charge in [-0.15, -0.1) is 11.8 Å². The van der Waals surface area contributed by atoms with Gasteiger partial charge in [0.15, 0.2) is 0 Å². The van der Waals surface area contributed by atoms with Gasteiger partial charge >= 0.3 is 6.09 Å². The minimum Gasteiger partial charge on any atom is -0.444 e. The van der Waals surface area contributed by atoms with E-state index in [9.17, 15) is 9.59 Å². The van der Waals surface area contributed by atoms with Crippen LogP contribution in [0.3, 0.4) is 0 Å². The van der Waals surface area contributed by atoms with E-state index in [1.54, 1.807) is 37.4 Å². The number of carbonyl (C=O) groups is 2. The van der Waals surface area contributed by atoms with E-state index in [4.69, 9.17) is 9.84 Å². The lowest BCUT2D eigenvalue weighted by atomic mass is 10.2. The molecule has 1 aliphatic rings. The summed E-state index contributed by atoms with van der Waals surface area (Å²) in [4.78, 5) is 24.8. The molecule has 6 nitrogen and oxygen atoms in total. The second-order valence-corrected chi connectivity index (χ2v) is 6.06. The van der Waals surface area contributed by atoms with E-state index in [-0.39, 0.29) is 25.1 Å². The van der Waals surface area contributed by atoms with Crippen LogP contribution in [0.1, 0.15) is 20.8 Å². The first-order valence-corrected chi connectivity index (χ1v) is 6.94. The van der Waals surface area contributed by atoms with E-state index in [0.717, 1.165) is 5.75 Å². The van der Waals surface area contributed by atoms with Crippen molar-refractivity contribution in [2.24, 2.45) is 0 Å². The first kappa shape index (κ1) is 15.1. The van der Waals surface area contributed by atoms with Crippen molar-refractivity contribution in [3.8, 4) is 0 Å². The Morgan fingerprint density at radius 1 is 1.50 bits per heavy atom. The maximum Gasteiger partial charge on any atom is 0.408 e. The molecule has 1 aliphatic heterocycles. The van der Waals surface area contributed by atoms with Crippen LogP contribution in [-0.2, 0) is 9.53 Å². The molecule has 1 saturated heterocycles. The third-order valence-corrected chi connectivity index (χ3v) is 3.38. The fraction of sp³-hybridized carbons (Fsp3) is 0.818. The molecule has 1 fully saturated rings. The summed E-state index contributed by atoms with van der Waals surface area (Å²) in [5.41, 5.74) is -0.579. The topological polar surface area (TPSA) is 78.9 Å². The predicted octanol–water partition coefficient (Wildman–Crippen LogP) is 0.405. The zero-order valence-corrected chi connectivity index (χ0v) is 11.7. The molecule has 0 aliphatic carbocycles. The molecule has 104 valence electrons. The number of hydrogen-bond donors (Lipinski definition) is 2. The van der Waals surface area contributed by atoms with Crippen LogP contribution in [0.5, 0.6) is 0 Å². The van der Waals surface area contributed by atoms with Gasteiger partial charge in [0.05, 0.1) is 18.5 Å².